The van der Waals surface area contributed by atoms with Crippen molar-refractivity contribution in [2.45, 2.75) is 37.9 Å². The highest BCUT2D eigenvalue weighted by Crippen LogP contribution is 2.28. The van der Waals surface area contributed by atoms with Crippen molar-refractivity contribution in [3.8, 4) is 23.0 Å². The van der Waals surface area contributed by atoms with Crippen LogP contribution in [0.4, 0.5) is 8.78 Å². The Morgan fingerprint density at radius 2 is 0.904 bits per heavy atom. The average Bonchev–Trinajstić information content (AvgIpc) is 3.17. The van der Waals surface area contributed by atoms with Crippen LogP contribution in [0, 0.1) is 11.6 Å². The van der Waals surface area contributed by atoms with Gasteiger partial charge in [0, 0.05) is 13.1 Å². The van der Waals surface area contributed by atoms with E-state index < -0.39 is 35.8 Å². The highest BCUT2D eigenvalue weighted by molar-refractivity contribution is 6.29. The minimum Gasteiger partial charge on any atom is -0.493 e. The molecule has 2 N–H and O–H groups in total. The summed E-state index contributed by atoms with van der Waals surface area (Å²) >= 11 is 0. The molecule has 4 rings (SSSR count). The van der Waals surface area contributed by atoms with E-state index in [1.165, 1.54) is 48.5 Å². The van der Waals surface area contributed by atoms with Gasteiger partial charge in [-0.3, -0.25) is 0 Å². The summed E-state index contributed by atoms with van der Waals surface area (Å²) in [5, 5.41) is 6.56. The van der Waals surface area contributed by atoms with Gasteiger partial charge in [0.05, 0.1) is 14.2 Å². The summed E-state index contributed by atoms with van der Waals surface area (Å²) in [6.45, 7) is 3.08. The highest BCUT2D eigenvalue weighted by atomic mass is 19.1. The maximum absolute atomic E-state index is 13.7. The van der Waals surface area contributed by atoms with Crippen molar-refractivity contribution >= 4 is 11.9 Å². The van der Waals surface area contributed by atoms with E-state index in [1.54, 1.807) is 14.2 Å². The molecule has 0 aliphatic heterocycles. The summed E-state index contributed by atoms with van der Waals surface area (Å²) in [5.41, 5.74) is 1.08. The summed E-state index contributed by atoms with van der Waals surface area (Å²) in [7, 11) is 3.16. The largest absolute Gasteiger partial charge is 0.493 e. The molecule has 0 saturated carbocycles. The van der Waals surface area contributed by atoms with E-state index in [9.17, 15) is 18.4 Å². The number of carbonyl (C=O) groups excluding carboxylic acids is 2. The molecule has 278 valence electrons. The first-order chi connectivity index (χ1) is 25.4. The number of halogens is 2. The monoisotopic (exact) mass is 720 g/mol. The molecule has 0 aliphatic carbocycles. The highest BCUT2D eigenvalue weighted by Gasteiger charge is 2.27. The van der Waals surface area contributed by atoms with Crippen molar-refractivity contribution in [3.63, 3.8) is 0 Å². The van der Waals surface area contributed by atoms with E-state index in [-0.39, 0.29) is 0 Å². The number of hydrogen-bond acceptors (Lipinski definition) is 10. The lowest BCUT2D eigenvalue weighted by Crippen LogP contribution is -2.26. The fraction of sp³-hybridized carbons (Fsp3) is 0.350. The molecule has 4 aromatic rings. The molecule has 2 atom stereocenters. The predicted octanol–water partition coefficient (Wildman–Crippen LogP) is 6.75. The van der Waals surface area contributed by atoms with Gasteiger partial charge in [-0.15, -0.1) is 0 Å². The second kappa shape index (κ2) is 21.9. The molecular weight excluding hydrogens is 674 g/mol. The summed E-state index contributed by atoms with van der Waals surface area (Å²) in [4.78, 5) is 26.2. The van der Waals surface area contributed by atoms with Gasteiger partial charge in [-0.05, 0) is 98.4 Å². The Hall–Kier alpha value is -5.20. The zero-order valence-electron chi connectivity index (χ0n) is 29.5. The SMILES string of the molecule is COc1ccccc1OCCNCCCC(OC(=O)C(=O)OC(CCCNCCOc1ccccc1OC)c1ccc(F)cc1)c1ccc(F)cc1. The molecule has 2 unspecified atom stereocenters. The number of nitrogens with one attached hydrogen (secondary N) is 2. The first kappa shape index (κ1) is 39.6. The van der Waals surface area contributed by atoms with E-state index in [0.29, 0.717) is 99.2 Å². The topological polar surface area (TPSA) is 114 Å². The van der Waals surface area contributed by atoms with Gasteiger partial charge in [-0.25, -0.2) is 18.4 Å². The van der Waals surface area contributed by atoms with Crippen LogP contribution in [0.15, 0.2) is 97.1 Å². The standard InChI is InChI=1S/C40H46F2N2O8/c1-47-35-9-3-5-11-37(35)49-27-25-43-23-7-13-33(29-15-19-31(41)20-16-29)51-39(45)40(46)52-34(30-17-21-32(42)22-18-30)14-8-24-44-26-28-50-38-12-6-4-10-36(38)48-2/h3-6,9-12,15-22,33-34,43-44H,7-8,13-14,23-28H2,1-2H3. The van der Waals surface area contributed by atoms with Crippen LogP contribution in [0.1, 0.15) is 49.0 Å². The molecule has 10 nitrogen and oxygen atoms in total. The van der Waals surface area contributed by atoms with Crippen molar-refractivity contribution in [1.82, 2.24) is 10.6 Å². The van der Waals surface area contributed by atoms with E-state index in [0.717, 1.165) is 0 Å². The smallest absolute Gasteiger partial charge is 0.418 e. The quantitative estimate of drug-likeness (QED) is 0.0514. The van der Waals surface area contributed by atoms with Crippen LogP contribution in [0.25, 0.3) is 0 Å². The van der Waals surface area contributed by atoms with Gasteiger partial charge in [0.1, 0.15) is 37.1 Å². The molecule has 4 aromatic carbocycles. The van der Waals surface area contributed by atoms with Gasteiger partial charge in [-0.1, -0.05) is 48.5 Å². The van der Waals surface area contributed by atoms with Crippen molar-refractivity contribution in [2.75, 3.05) is 53.6 Å². The average molecular weight is 721 g/mol. The number of benzene rings is 4. The van der Waals surface area contributed by atoms with E-state index in [1.807, 2.05) is 48.5 Å². The number of hydrogen-bond donors (Lipinski definition) is 2. The summed E-state index contributed by atoms with van der Waals surface area (Å²) in [5.74, 6) is -0.645. The lowest BCUT2D eigenvalue weighted by atomic mass is 10.0. The predicted molar refractivity (Wildman–Crippen MR) is 192 cm³/mol. The van der Waals surface area contributed by atoms with Gasteiger partial charge in [-0.2, -0.15) is 0 Å². The van der Waals surface area contributed by atoms with Gasteiger partial charge in [0.15, 0.2) is 23.0 Å². The Balaban J connectivity index is 1.26. The molecule has 0 aromatic heterocycles. The normalized spacial score (nSPS) is 12.0. The Labute approximate surface area is 303 Å². The summed E-state index contributed by atoms with van der Waals surface area (Å²) in [6.07, 6.45) is 0.234. The van der Waals surface area contributed by atoms with Gasteiger partial charge in [0.2, 0.25) is 0 Å². The molecule has 0 bridgehead atoms. The molecule has 0 spiro atoms. The Morgan fingerprint density at radius 3 is 1.27 bits per heavy atom. The molecular formula is C40H46F2N2O8. The zero-order valence-corrected chi connectivity index (χ0v) is 29.5. The third-order valence-electron chi connectivity index (χ3n) is 8.00. The number of esters is 2. The second-order valence-electron chi connectivity index (χ2n) is 11.7. The number of rotatable bonds is 22. The lowest BCUT2D eigenvalue weighted by Gasteiger charge is -2.21. The number of carbonyl (C=O) groups is 2. The van der Waals surface area contributed by atoms with Gasteiger partial charge >= 0.3 is 11.9 Å². The summed E-state index contributed by atoms with van der Waals surface area (Å²) < 4.78 is 60.8. The van der Waals surface area contributed by atoms with Crippen molar-refractivity contribution in [2.24, 2.45) is 0 Å². The van der Waals surface area contributed by atoms with Crippen LogP contribution >= 0.6 is 0 Å². The van der Waals surface area contributed by atoms with Crippen LogP contribution in [0.2, 0.25) is 0 Å². The molecule has 0 aliphatic rings. The van der Waals surface area contributed by atoms with Crippen LogP contribution in [-0.2, 0) is 19.1 Å². The third-order valence-corrected chi connectivity index (χ3v) is 8.00. The van der Waals surface area contributed by atoms with E-state index >= 15 is 0 Å². The molecule has 0 fully saturated rings. The zero-order chi connectivity index (χ0) is 37.0. The minimum absolute atomic E-state index is 0.360. The fourth-order valence-corrected chi connectivity index (χ4v) is 5.31. The molecule has 0 saturated heterocycles. The van der Waals surface area contributed by atoms with Crippen LogP contribution in [0.5, 0.6) is 23.0 Å². The van der Waals surface area contributed by atoms with Crippen LogP contribution in [0.3, 0.4) is 0 Å². The van der Waals surface area contributed by atoms with Crippen molar-refractivity contribution in [3.05, 3.63) is 120 Å². The van der Waals surface area contributed by atoms with Crippen molar-refractivity contribution in [1.29, 1.82) is 0 Å². The van der Waals surface area contributed by atoms with Crippen molar-refractivity contribution < 1.29 is 46.8 Å². The third kappa shape index (κ3) is 13.2. The Bertz CT molecular complexity index is 1530. The number of para-hydroxylation sites is 4. The maximum Gasteiger partial charge on any atom is 0.418 e. The maximum atomic E-state index is 13.7. The second-order valence-corrected chi connectivity index (χ2v) is 11.7. The van der Waals surface area contributed by atoms with E-state index in [2.05, 4.69) is 10.6 Å². The Morgan fingerprint density at radius 1 is 0.538 bits per heavy atom. The van der Waals surface area contributed by atoms with E-state index in [4.69, 9.17) is 28.4 Å². The molecule has 0 amide bonds. The van der Waals surface area contributed by atoms with Gasteiger partial charge in [0.25, 0.3) is 0 Å². The molecule has 0 radical (unpaired) electrons. The number of ether oxygens (including phenoxy) is 6. The number of methoxy groups -OCH3 is 2. The lowest BCUT2D eigenvalue weighted by molar-refractivity contribution is -0.175. The fourth-order valence-electron chi connectivity index (χ4n) is 5.31. The molecule has 0 heterocycles. The first-order valence-corrected chi connectivity index (χ1v) is 17.2. The minimum atomic E-state index is -1.17. The summed E-state index contributed by atoms with van der Waals surface area (Å²) in [6, 6.07) is 25.9. The van der Waals surface area contributed by atoms with Crippen LogP contribution in [-0.4, -0.2) is 65.6 Å². The molecule has 52 heavy (non-hydrogen) atoms. The molecule has 12 heteroatoms. The first-order valence-electron chi connectivity index (χ1n) is 17.2. The van der Waals surface area contributed by atoms with Gasteiger partial charge < -0.3 is 39.1 Å². The Kier molecular flexibility index (Phi) is 16.7. The van der Waals surface area contributed by atoms with Crippen LogP contribution < -0.4 is 29.6 Å².